The van der Waals surface area contributed by atoms with Gasteiger partial charge in [0.15, 0.2) is 5.82 Å². The van der Waals surface area contributed by atoms with Gasteiger partial charge in [0.05, 0.1) is 6.07 Å². The van der Waals surface area contributed by atoms with E-state index in [1.807, 2.05) is 19.9 Å². The van der Waals surface area contributed by atoms with Gasteiger partial charge in [0.1, 0.15) is 5.92 Å². The van der Waals surface area contributed by atoms with Crippen molar-refractivity contribution in [1.82, 2.24) is 15.5 Å². The summed E-state index contributed by atoms with van der Waals surface area (Å²) in [5.74, 6) is 0.202. The van der Waals surface area contributed by atoms with E-state index in [4.69, 9.17) is 9.78 Å². The molecule has 1 atom stereocenters. The van der Waals surface area contributed by atoms with E-state index in [0.29, 0.717) is 24.7 Å². The van der Waals surface area contributed by atoms with E-state index in [-0.39, 0.29) is 11.8 Å². The van der Waals surface area contributed by atoms with Gasteiger partial charge in [-0.1, -0.05) is 19.0 Å². The highest BCUT2D eigenvalue weighted by Crippen LogP contribution is 2.09. The number of carbonyl (C=O) groups excluding carboxylic acids is 1. The van der Waals surface area contributed by atoms with Crippen LogP contribution in [0.25, 0.3) is 0 Å². The van der Waals surface area contributed by atoms with Crippen molar-refractivity contribution in [3.63, 3.8) is 0 Å². The minimum atomic E-state index is -0.612. The molecule has 6 nitrogen and oxygen atoms in total. The van der Waals surface area contributed by atoms with Gasteiger partial charge in [-0.3, -0.25) is 4.79 Å². The quantitative estimate of drug-likeness (QED) is 0.817. The molecule has 0 aromatic carbocycles. The zero-order valence-electron chi connectivity index (χ0n) is 10.2. The molecule has 6 heteroatoms. The van der Waals surface area contributed by atoms with Crippen LogP contribution in [0.4, 0.5) is 0 Å². The van der Waals surface area contributed by atoms with Gasteiger partial charge in [0, 0.05) is 13.0 Å². The molecule has 1 aromatic rings. The lowest BCUT2D eigenvalue weighted by atomic mass is 9.97. The Morgan fingerprint density at radius 3 is 2.76 bits per heavy atom. The van der Waals surface area contributed by atoms with Gasteiger partial charge in [-0.25, -0.2) is 0 Å². The van der Waals surface area contributed by atoms with Gasteiger partial charge in [-0.2, -0.15) is 10.2 Å². The normalized spacial score (nSPS) is 12.2. The summed E-state index contributed by atoms with van der Waals surface area (Å²) in [5.41, 5.74) is 0. The number of nitrogens with zero attached hydrogens (tertiary/aromatic N) is 3. The number of hydrogen-bond acceptors (Lipinski definition) is 5. The van der Waals surface area contributed by atoms with Crippen LogP contribution in [0, 0.1) is 30.1 Å². The van der Waals surface area contributed by atoms with Crippen molar-refractivity contribution in [2.75, 3.05) is 6.54 Å². The molecule has 1 unspecified atom stereocenters. The topological polar surface area (TPSA) is 91.8 Å². The van der Waals surface area contributed by atoms with Crippen molar-refractivity contribution in [1.29, 1.82) is 5.26 Å². The molecule has 1 rings (SSSR count). The Morgan fingerprint density at radius 1 is 1.59 bits per heavy atom. The molecule has 92 valence electrons. The van der Waals surface area contributed by atoms with Gasteiger partial charge >= 0.3 is 0 Å². The maximum atomic E-state index is 11.6. The Bertz CT molecular complexity index is 419. The summed E-state index contributed by atoms with van der Waals surface area (Å²) in [4.78, 5) is 15.6. The second kappa shape index (κ2) is 5.99. The first kappa shape index (κ1) is 13.2. The van der Waals surface area contributed by atoms with E-state index in [9.17, 15) is 4.79 Å². The molecule has 0 aliphatic rings. The molecule has 0 spiro atoms. The molecule has 1 heterocycles. The van der Waals surface area contributed by atoms with Crippen molar-refractivity contribution >= 4 is 5.91 Å². The van der Waals surface area contributed by atoms with Gasteiger partial charge in [-0.15, -0.1) is 0 Å². The van der Waals surface area contributed by atoms with Crippen LogP contribution >= 0.6 is 0 Å². The van der Waals surface area contributed by atoms with Crippen molar-refractivity contribution in [3.8, 4) is 6.07 Å². The van der Waals surface area contributed by atoms with Crippen LogP contribution in [0.5, 0.6) is 0 Å². The molecule has 0 saturated heterocycles. The second-order valence-electron chi connectivity index (χ2n) is 4.13. The van der Waals surface area contributed by atoms with E-state index >= 15 is 0 Å². The maximum absolute atomic E-state index is 11.6. The molecule has 1 N–H and O–H groups in total. The summed E-state index contributed by atoms with van der Waals surface area (Å²) in [6, 6.07) is 1.99. The number of nitriles is 1. The van der Waals surface area contributed by atoms with Crippen molar-refractivity contribution in [2.24, 2.45) is 11.8 Å². The average Bonchev–Trinajstić information content (AvgIpc) is 2.64. The molecule has 0 bridgehead atoms. The number of carbonyl (C=O) groups is 1. The van der Waals surface area contributed by atoms with Crippen LogP contribution in [0.2, 0.25) is 0 Å². The van der Waals surface area contributed by atoms with Crippen molar-refractivity contribution in [2.45, 2.75) is 27.2 Å². The van der Waals surface area contributed by atoms with Crippen LogP contribution in [0.1, 0.15) is 25.6 Å². The van der Waals surface area contributed by atoms with Crippen LogP contribution < -0.4 is 5.32 Å². The standard InChI is InChI=1S/C11H16N4O2/c1-7(2)9(6-12)11(16)13-5-4-10-14-8(3)15-17-10/h7,9H,4-5H2,1-3H3,(H,13,16). The van der Waals surface area contributed by atoms with Gasteiger partial charge in [0.25, 0.3) is 0 Å². The number of hydrogen-bond donors (Lipinski definition) is 1. The molecule has 0 aliphatic heterocycles. The fourth-order valence-corrected chi connectivity index (χ4v) is 1.35. The van der Waals surface area contributed by atoms with Crippen LogP contribution in [-0.2, 0) is 11.2 Å². The molecule has 0 aliphatic carbocycles. The molecule has 1 aromatic heterocycles. The first-order valence-electron chi connectivity index (χ1n) is 5.51. The lowest BCUT2D eigenvalue weighted by Crippen LogP contribution is -2.34. The molecule has 0 radical (unpaired) electrons. The Balaban J connectivity index is 2.36. The molecule has 0 fully saturated rings. The monoisotopic (exact) mass is 236 g/mol. The Morgan fingerprint density at radius 2 is 2.29 bits per heavy atom. The Labute approximate surface area is 100 Å². The highest BCUT2D eigenvalue weighted by molar-refractivity contribution is 5.81. The second-order valence-corrected chi connectivity index (χ2v) is 4.13. The summed E-state index contributed by atoms with van der Waals surface area (Å²) in [5, 5.41) is 15.2. The summed E-state index contributed by atoms with van der Waals surface area (Å²) in [6.07, 6.45) is 0.475. The fraction of sp³-hybridized carbons (Fsp3) is 0.636. The first-order chi connectivity index (χ1) is 8.04. The SMILES string of the molecule is Cc1noc(CCNC(=O)C(C#N)C(C)C)n1. The minimum absolute atomic E-state index is 0.00523. The summed E-state index contributed by atoms with van der Waals surface area (Å²) in [7, 11) is 0. The third kappa shape index (κ3) is 3.87. The summed E-state index contributed by atoms with van der Waals surface area (Å²) < 4.78 is 4.90. The average molecular weight is 236 g/mol. The van der Waals surface area contributed by atoms with E-state index in [1.165, 1.54) is 0 Å². The lowest BCUT2D eigenvalue weighted by molar-refractivity contribution is -0.124. The van der Waals surface area contributed by atoms with Gasteiger partial charge in [0.2, 0.25) is 11.8 Å². The number of aryl methyl sites for hydroxylation is 1. The zero-order valence-corrected chi connectivity index (χ0v) is 10.2. The molecule has 0 saturated carbocycles. The highest BCUT2D eigenvalue weighted by atomic mass is 16.5. The predicted molar refractivity (Wildman–Crippen MR) is 59.7 cm³/mol. The summed E-state index contributed by atoms with van der Waals surface area (Å²) >= 11 is 0. The number of amides is 1. The molecular formula is C11H16N4O2. The third-order valence-electron chi connectivity index (χ3n) is 2.30. The first-order valence-corrected chi connectivity index (χ1v) is 5.51. The predicted octanol–water partition coefficient (Wildman–Crippen LogP) is 0.833. The van der Waals surface area contributed by atoms with E-state index in [2.05, 4.69) is 15.5 Å². The Hall–Kier alpha value is -1.90. The summed E-state index contributed by atoms with van der Waals surface area (Å²) in [6.45, 7) is 5.81. The van der Waals surface area contributed by atoms with E-state index in [0.717, 1.165) is 0 Å². The third-order valence-corrected chi connectivity index (χ3v) is 2.30. The van der Waals surface area contributed by atoms with Crippen LogP contribution in [0.15, 0.2) is 4.52 Å². The maximum Gasteiger partial charge on any atom is 0.237 e. The molecule has 1 amide bonds. The van der Waals surface area contributed by atoms with Crippen LogP contribution in [0.3, 0.4) is 0 Å². The molecule has 17 heavy (non-hydrogen) atoms. The zero-order chi connectivity index (χ0) is 12.8. The number of aromatic nitrogens is 2. The molecular weight excluding hydrogens is 220 g/mol. The van der Waals surface area contributed by atoms with E-state index < -0.39 is 5.92 Å². The van der Waals surface area contributed by atoms with Gasteiger partial charge < -0.3 is 9.84 Å². The van der Waals surface area contributed by atoms with Crippen molar-refractivity contribution < 1.29 is 9.32 Å². The fourth-order valence-electron chi connectivity index (χ4n) is 1.35. The largest absolute Gasteiger partial charge is 0.354 e. The number of rotatable bonds is 5. The van der Waals surface area contributed by atoms with Gasteiger partial charge in [-0.05, 0) is 12.8 Å². The number of nitrogens with one attached hydrogen (secondary N) is 1. The highest BCUT2D eigenvalue weighted by Gasteiger charge is 2.21. The van der Waals surface area contributed by atoms with Crippen molar-refractivity contribution in [3.05, 3.63) is 11.7 Å². The van der Waals surface area contributed by atoms with Crippen LogP contribution in [-0.4, -0.2) is 22.6 Å². The lowest BCUT2D eigenvalue weighted by Gasteiger charge is -2.12. The Kier molecular flexibility index (Phi) is 4.64. The van der Waals surface area contributed by atoms with E-state index in [1.54, 1.807) is 6.92 Å². The minimum Gasteiger partial charge on any atom is -0.354 e. The smallest absolute Gasteiger partial charge is 0.237 e.